The lowest BCUT2D eigenvalue weighted by Gasteiger charge is -2.30. The van der Waals surface area contributed by atoms with Crippen molar-refractivity contribution in [3.05, 3.63) is 94.9 Å². The zero-order valence-electron chi connectivity index (χ0n) is 20.1. The van der Waals surface area contributed by atoms with Crippen molar-refractivity contribution in [1.29, 1.82) is 0 Å². The van der Waals surface area contributed by atoms with Crippen molar-refractivity contribution < 1.29 is 19.1 Å². The molecule has 10 nitrogen and oxygen atoms in total. The van der Waals surface area contributed by atoms with Crippen LogP contribution in [-0.4, -0.2) is 43.5 Å². The minimum absolute atomic E-state index is 0.0834. The van der Waals surface area contributed by atoms with Gasteiger partial charge in [-0.1, -0.05) is 29.5 Å². The minimum atomic E-state index is -0.900. The van der Waals surface area contributed by atoms with E-state index >= 15 is 0 Å². The Morgan fingerprint density at radius 2 is 1.95 bits per heavy atom. The third kappa shape index (κ3) is 4.78. The predicted octanol–water partition coefficient (Wildman–Crippen LogP) is 4.03. The first-order valence-corrected chi connectivity index (χ1v) is 12.7. The van der Waals surface area contributed by atoms with Crippen LogP contribution < -0.4 is 14.8 Å². The van der Waals surface area contributed by atoms with Gasteiger partial charge in [0.15, 0.2) is 11.5 Å². The zero-order chi connectivity index (χ0) is 25.9. The number of pyridine rings is 1. The largest absolute Gasteiger partial charge is 0.454 e. The van der Waals surface area contributed by atoms with E-state index in [0.717, 1.165) is 16.0 Å². The third-order valence-electron chi connectivity index (χ3n) is 6.11. The summed E-state index contributed by atoms with van der Waals surface area (Å²) >= 11 is 1.41. The van der Waals surface area contributed by atoms with Crippen LogP contribution >= 0.6 is 11.3 Å². The van der Waals surface area contributed by atoms with Crippen LogP contribution in [0.15, 0.2) is 84.5 Å². The second-order valence-electron chi connectivity index (χ2n) is 8.59. The molecule has 2 amide bonds. The molecular weight excluding hydrogens is 504 g/mol. The average Bonchev–Trinajstić information content (AvgIpc) is 3.71. The fourth-order valence-electron chi connectivity index (χ4n) is 4.32. The molecule has 2 aromatic carbocycles. The zero-order valence-corrected chi connectivity index (χ0v) is 20.9. The number of carbonyl (C=O) groups excluding carboxylic acids is 2. The van der Waals surface area contributed by atoms with Gasteiger partial charge in [-0.3, -0.25) is 14.6 Å². The highest BCUT2D eigenvalue weighted by molar-refractivity contribution is 7.10. The predicted molar refractivity (Wildman–Crippen MR) is 141 cm³/mol. The lowest BCUT2D eigenvalue weighted by molar-refractivity contribution is -0.140. The van der Waals surface area contributed by atoms with Crippen molar-refractivity contribution in [1.82, 2.24) is 24.9 Å². The molecule has 0 spiro atoms. The van der Waals surface area contributed by atoms with Gasteiger partial charge in [0, 0.05) is 35.6 Å². The van der Waals surface area contributed by atoms with Crippen LogP contribution in [0.25, 0.3) is 11.0 Å². The number of thiophene rings is 1. The number of ether oxygens (including phenoxy) is 2. The summed E-state index contributed by atoms with van der Waals surface area (Å²) in [6.07, 6.45) is 3.35. The fraction of sp³-hybridized carbons (Fsp3) is 0.148. The maximum atomic E-state index is 13.9. The Bertz CT molecular complexity index is 1590. The van der Waals surface area contributed by atoms with E-state index in [0.29, 0.717) is 22.7 Å². The molecule has 1 N–H and O–H groups in total. The van der Waals surface area contributed by atoms with E-state index in [-0.39, 0.29) is 31.7 Å². The molecule has 0 bridgehead atoms. The monoisotopic (exact) mass is 526 g/mol. The highest BCUT2D eigenvalue weighted by Gasteiger charge is 2.33. The van der Waals surface area contributed by atoms with E-state index in [4.69, 9.17) is 9.47 Å². The lowest BCUT2D eigenvalue weighted by atomic mass is 10.1. The molecule has 1 atom stereocenters. The maximum absolute atomic E-state index is 13.9. The number of rotatable bonds is 8. The Labute approximate surface area is 221 Å². The van der Waals surface area contributed by atoms with E-state index in [1.807, 2.05) is 47.8 Å². The van der Waals surface area contributed by atoms with Crippen molar-refractivity contribution in [3.8, 4) is 11.5 Å². The van der Waals surface area contributed by atoms with Crippen LogP contribution in [-0.2, 0) is 22.7 Å². The SMILES string of the molecule is O=C(Nc1ccc2c(c1)OCO2)[C@H](c1cccs1)N(Cc1cccnc1)C(=O)Cn1nnc2ccccc21. The van der Waals surface area contributed by atoms with Crippen LogP contribution in [0.3, 0.4) is 0 Å². The van der Waals surface area contributed by atoms with Crippen LogP contribution in [0.4, 0.5) is 5.69 Å². The van der Waals surface area contributed by atoms with Gasteiger partial charge >= 0.3 is 0 Å². The first kappa shape index (κ1) is 23.6. The van der Waals surface area contributed by atoms with E-state index in [1.165, 1.54) is 11.3 Å². The van der Waals surface area contributed by atoms with Crippen LogP contribution in [0.2, 0.25) is 0 Å². The van der Waals surface area contributed by atoms with Gasteiger partial charge in [-0.2, -0.15) is 0 Å². The average molecular weight is 527 g/mol. The van der Waals surface area contributed by atoms with Gasteiger partial charge in [0.25, 0.3) is 5.91 Å². The summed E-state index contributed by atoms with van der Waals surface area (Å²) in [5.41, 5.74) is 2.76. The van der Waals surface area contributed by atoms with Gasteiger partial charge in [-0.15, -0.1) is 16.4 Å². The number of amides is 2. The fourth-order valence-corrected chi connectivity index (χ4v) is 5.16. The van der Waals surface area contributed by atoms with E-state index in [2.05, 4.69) is 20.6 Å². The summed E-state index contributed by atoms with van der Waals surface area (Å²) < 4.78 is 12.4. The Hall–Kier alpha value is -4.77. The molecule has 0 saturated carbocycles. The Morgan fingerprint density at radius 3 is 2.79 bits per heavy atom. The number of anilines is 1. The molecule has 0 radical (unpaired) electrons. The van der Waals surface area contributed by atoms with E-state index < -0.39 is 6.04 Å². The van der Waals surface area contributed by atoms with Gasteiger partial charge in [0.2, 0.25) is 12.7 Å². The molecule has 38 heavy (non-hydrogen) atoms. The minimum Gasteiger partial charge on any atom is -0.454 e. The number of carbonyl (C=O) groups is 2. The molecule has 1 aliphatic heterocycles. The van der Waals surface area contributed by atoms with Crippen molar-refractivity contribution in [3.63, 3.8) is 0 Å². The van der Waals surface area contributed by atoms with Crippen molar-refractivity contribution in [2.24, 2.45) is 0 Å². The topological polar surface area (TPSA) is 111 Å². The highest BCUT2D eigenvalue weighted by atomic mass is 32.1. The number of benzene rings is 2. The second-order valence-corrected chi connectivity index (χ2v) is 9.57. The van der Waals surface area contributed by atoms with Crippen LogP contribution in [0.1, 0.15) is 16.5 Å². The van der Waals surface area contributed by atoms with Crippen molar-refractivity contribution >= 4 is 39.9 Å². The number of hydrogen-bond donors (Lipinski definition) is 1. The number of para-hydroxylation sites is 1. The summed E-state index contributed by atoms with van der Waals surface area (Å²) in [5.74, 6) is 0.527. The molecule has 0 fully saturated rings. The molecule has 0 aliphatic carbocycles. The number of nitrogens with one attached hydrogen (secondary N) is 1. The summed E-state index contributed by atoms with van der Waals surface area (Å²) in [4.78, 5) is 34.2. The van der Waals surface area contributed by atoms with Gasteiger partial charge in [-0.05, 0) is 47.3 Å². The molecular formula is C27H22N6O4S. The molecule has 5 aromatic rings. The van der Waals surface area contributed by atoms with E-state index in [9.17, 15) is 9.59 Å². The molecule has 0 saturated heterocycles. The van der Waals surface area contributed by atoms with Gasteiger partial charge in [-0.25, -0.2) is 4.68 Å². The molecule has 1 aliphatic rings. The second kappa shape index (κ2) is 10.3. The number of fused-ring (bicyclic) bond motifs is 2. The van der Waals surface area contributed by atoms with Gasteiger partial charge in [0.05, 0.1) is 5.52 Å². The first-order chi connectivity index (χ1) is 18.7. The summed E-state index contributed by atoms with van der Waals surface area (Å²) in [5, 5.41) is 13.2. The molecule has 11 heteroatoms. The number of aromatic nitrogens is 4. The quantitative estimate of drug-likeness (QED) is 0.325. The van der Waals surface area contributed by atoms with Crippen LogP contribution in [0.5, 0.6) is 11.5 Å². The number of nitrogens with zero attached hydrogens (tertiary/aromatic N) is 5. The Morgan fingerprint density at radius 1 is 1.05 bits per heavy atom. The lowest BCUT2D eigenvalue weighted by Crippen LogP contribution is -2.42. The smallest absolute Gasteiger partial charge is 0.252 e. The van der Waals surface area contributed by atoms with Crippen molar-refractivity contribution in [2.45, 2.75) is 19.1 Å². The molecule has 0 unspecified atom stereocenters. The van der Waals surface area contributed by atoms with Gasteiger partial charge in [0.1, 0.15) is 18.1 Å². The molecule has 3 aromatic heterocycles. The molecule has 190 valence electrons. The standard InChI is InChI=1S/C27H22N6O4S/c34-25(16-33-21-7-2-1-6-20(21)30-31-33)32(15-18-5-3-11-28-14-18)26(24-8-4-12-38-24)27(35)29-19-9-10-22-23(13-19)37-17-36-22/h1-14,26H,15-17H2,(H,29,35)/t26-/m0/s1. The normalized spacial score (nSPS) is 12.8. The maximum Gasteiger partial charge on any atom is 0.252 e. The number of hydrogen-bond acceptors (Lipinski definition) is 8. The Balaban J connectivity index is 1.34. The Kier molecular flexibility index (Phi) is 6.40. The third-order valence-corrected chi connectivity index (χ3v) is 7.04. The van der Waals surface area contributed by atoms with Crippen molar-refractivity contribution in [2.75, 3.05) is 12.1 Å². The van der Waals surface area contributed by atoms with Crippen LogP contribution in [0, 0.1) is 0 Å². The first-order valence-electron chi connectivity index (χ1n) is 11.9. The molecule has 6 rings (SSSR count). The molecule has 4 heterocycles. The highest BCUT2D eigenvalue weighted by Crippen LogP contribution is 2.35. The summed E-state index contributed by atoms with van der Waals surface area (Å²) in [6, 6.07) is 19.1. The summed E-state index contributed by atoms with van der Waals surface area (Å²) in [7, 11) is 0. The van der Waals surface area contributed by atoms with Gasteiger partial charge < -0.3 is 19.7 Å². The summed E-state index contributed by atoms with van der Waals surface area (Å²) in [6.45, 7) is 0.227. The van der Waals surface area contributed by atoms with E-state index in [1.54, 1.807) is 46.2 Å².